The molecule has 1 aliphatic heterocycles. The predicted molar refractivity (Wildman–Crippen MR) is 114 cm³/mol. The van der Waals surface area contributed by atoms with Gasteiger partial charge in [-0.3, -0.25) is 9.52 Å². The van der Waals surface area contributed by atoms with Crippen molar-refractivity contribution in [2.75, 3.05) is 19.3 Å². The van der Waals surface area contributed by atoms with E-state index < -0.39 is 0 Å². The Morgan fingerprint density at radius 3 is 2.79 bits per heavy atom. The van der Waals surface area contributed by atoms with Crippen LogP contribution >= 0.6 is 11.9 Å². The lowest BCUT2D eigenvalue weighted by atomic mass is 9.93. The summed E-state index contributed by atoms with van der Waals surface area (Å²) in [6.45, 7) is 3.49. The van der Waals surface area contributed by atoms with Crippen LogP contribution in [0.5, 0.6) is 0 Å². The molecular formula is C23H27FN2OS. The van der Waals surface area contributed by atoms with Crippen LogP contribution in [0.4, 0.5) is 4.39 Å². The van der Waals surface area contributed by atoms with Gasteiger partial charge in [0.1, 0.15) is 5.82 Å². The fourth-order valence-corrected chi connectivity index (χ4v) is 4.97. The molecule has 0 radical (unpaired) electrons. The number of carbonyl (C=O) groups excluding carboxylic acids is 1. The summed E-state index contributed by atoms with van der Waals surface area (Å²) >= 11 is 1.61. The predicted octanol–water partition coefficient (Wildman–Crippen LogP) is 4.76. The van der Waals surface area contributed by atoms with Crippen LogP contribution in [0.25, 0.3) is 11.1 Å². The number of piperidine rings is 1. The zero-order valence-corrected chi connectivity index (χ0v) is 17.3. The monoisotopic (exact) mass is 398 g/mol. The summed E-state index contributed by atoms with van der Waals surface area (Å²) < 4.78 is 18.4. The van der Waals surface area contributed by atoms with Crippen LogP contribution in [-0.4, -0.2) is 36.2 Å². The van der Waals surface area contributed by atoms with Gasteiger partial charge in [-0.25, -0.2) is 4.39 Å². The molecule has 28 heavy (non-hydrogen) atoms. The zero-order valence-electron chi connectivity index (χ0n) is 16.5. The molecule has 2 aromatic rings. The minimum absolute atomic E-state index is 0.0165. The molecule has 2 fully saturated rings. The summed E-state index contributed by atoms with van der Waals surface area (Å²) in [4.78, 5) is 15.1. The average molecular weight is 399 g/mol. The standard InChI is InChI=1S/C23H27FN2OS/c1-15-11-18(16-7-4-3-5-8-16)22(21(24)12-15)19-13-20(19)23(27)26-10-6-9-17(14-26)25-28-2/h3-5,7-8,11-12,17,19-20,25H,6,9-10,13-14H2,1-2H3. The molecule has 3 nitrogen and oxygen atoms in total. The maximum absolute atomic E-state index is 15.0. The maximum Gasteiger partial charge on any atom is 0.226 e. The first-order valence-electron chi connectivity index (χ1n) is 10.0. The molecule has 1 N–H and O–H groups in total. The van der Waals surface area contributed by atoms with Gasteiger partial charge in [0.05, 0.1) is 0 Å². The first-order valence-corrected chi connectivity index (χ1v) is 11.2. The van der Waals surface area contributed by atoms with Crippen LogP contribution < -0.4 is 4.72 Å². The smallest absolute Gasteiger partial charge is 0.226 e. The van der Waals surface area contributed by atoms with Crippen LogP contribution in [0, 0.1) is 18.7 Å². The van der Waals surface area contributed by atoms with Gasteiger partial charge in [-0.1, -0.05) is 48.3 Å². The van der Waals surface area contributed by atoms with E-state index in [1.807, 2.05) is 54.5 Å². The minimum atomic E-state index is -0.181. The summed E-state index contributed by atoms with van der Waals surface area (Å²) in [5.74, 6) is -0.0961. The molecule has 1 saturated carbocycles. The number of nitrogens with zero attached hydrogens (tertiary/aromatic N) is 1. The van der Waals surface area contributed by atoms with Gasteiger partial charge >= 0.3 is 0 Å². The SMILES string of the molecule is CSNC1CCCN(C(=O)C2CC2c2c(F)cc(C)cc2-c2ccccc2)C1. The Labute approximate surface area is 170 Å². The first kappa shape index (κ1) is 19.5. The van der Waals surface area contributed by atoms with Crippen molar-refractivity contribution in [2.24, 2.45) is 5.92 Å². The van der Waals surface area contributed by atoms with Crippen molar-refractivity contribution in [3.8, 4) is 11.1 Å². The molecule has 3 atom stereocenters. The van der Waals surface area contributed by atoms with Gasteiger partial charge in [0.2, 0.25) is 5.91 Å². The van der Waals surface area contributed by atoms with Crippen molar-refractivity contribution < 1.29 is 9.18 Å². The Balaban J connectivity index is 1.56. The van der Waals surface area contributed by atoms with E-state index in [9.17, 15) is 9.18 Å². The second-order valence-electron chi connectivity index (χ2n) is 7.97. The second kappa shape index (κ2) is 8.26. The molecule has 4 rings (SSSR count). The largest absolute Gasteiger partial charge is 0.341 e. The average Bonchev–Trinajstić information content (AvgIpc) is 3.48. The summed E-state index contributed by atoms with van der Waals surface area (Å²) in [6, 6.07) is 13.9. The number of carbonyl (C=O) groups is 1. The van der Waals surface area contributed by atoms with Crippen LogP contribution in [-0.2, 0) is 4.79 Å². The van der Waals surface area contributed by atoms with Crippen LogP contribution in [0.15, 0.2) is 42.5 Å². The number of aryl methyl sites for hydroxylation is 1. The summed E-state index contributed by atoms with van der Waals surface area (Å²) in [5, 5.41) is 0. The highest BCUT2D eigenvalue weighted by molar-refractivity contribution is 7.96. The van der Waals surface area contributed by atoms with E-state index in [0.29, 0.717) is 11.6 Å². The molecule has 2 aliphatic rings. The summed E-state index contributed by atoms with van der Waals surface area (Å²) in [7, 11) is 0. The highest BCUT2D eigenvalue weighted by Crippen LogP contribution is 2.52. The van der Waals surface area contributed by atoms with E-state index in [1.54, 1.807) is 18.0 Å². The van der Waals surface area contributed by atoms with Crippen LogP contribution in [0.2, 0.25) is 0 Å². The van der Waals surface area contributed by atoms with Crippen LogP contribution in [0.3, 0.4) is 0 Å². The van der Waals surface area contributed by atoms with Gasteiger partial charge in [0, 0.05) is 25.0 Å². The molecule has 148 valence electrons. The number of likely N-dealkylation sites (tertiary alicyclic amines) is 1. The Kier molecular flexibility index (Phi) is 5.74. The molecule has 1 saturated heterocycles. The minimum Gasteiger partial charge on any atom is -0.341 e. The molecule has 1 heterocycles. The number of hydrogen-bond acceptors (Lipinski definition) is 3. The van der Waals surface area contributed by atoms with Gasteiger partial charge in [0.25, 0.3) is 0 Å². The zero-order chi connectivity index (χ0) is 19.7. The topological polar surface area (TPSA) is 32.3 Å². The number of halogens is 1. The number of rotatable bonds is 5. The Hall–Kier alpha value is -1.85. The van der Waals surface area contributed by atoms with Gasteiger partial charge in [0.15, 0.2) is 0 Å². The van der Waals surface area contributed by atoms with Gasteiger partial charge in [-0.15, -0.1) is 0 Å². The Morgan fingerprint density at radius 2 is 2.04 bits per heavy atom. The van der Waals surface area contributed by atoms with Crippen molar-refractivity contribution in [3.05, 3.63) is 59.4 Å². The Bertz CT molecular complexity index is 855. The third kappa shape index (κ3) is 3.96. The fourth-order valence-electron chi connectivity index (χ4n) is 4.45. The normalized spacial score (nSPS) is 24.2. The molecular weight excluding hydrogens is 371 g/mol. The number of nitrogens with one attached hydrogen (secondary N) is 1. The van der Waals surface area contributed by atoms with E-state index in [1.165, 1.54) is 0 Å². The lowest BCUT2D eigenvalue weighted by molar-refractivity contribution is -0.133. The number of benzene rings is 2. The van der Waals surface area contributed by atoms with Gasteiger partial charge < -0.3 is 4.90 Å². The quantitative estimate of drug-likeness (QED) is 0.737. The van der Waals surface area contributed by atoms with Crippen molar-refractivity contribution in [1.82, 2.24) is 9.62 Å². The number of hydrogen-bond donors (Lipinski definition) is 1. The van der Waals surface area contributed by atoms with E-state index in [2.05, 4.69) is 4.72 Å². The molecule has 0 aromatic heterocycles. The van der Waals surface area contributed by atoms with Crippen molar-refractivity contribution in [1.29, 1.82) is 0 Å². The maximum atomic E-state index is 15.0. The molecule has 1 aliphatic carbocycles. The molecule has 0 spiro atoms. The summed E-state index contributed by atoms with van der Waals surface area (Å²) in [6.07, 6.45) is 4.89. The molecule has 5 heteroatoms. The molecule has 2 aromatic carbocycles. The van der Waals surface area contributed by atoms with Crippen molar-refractivity contribution in [3.63, 3.8) is 0 Å². The van der Waals surface area contributed by atoms with E-state index in [-0.39, 0.29) is 23.6 Å². The highest BCUT2D eigenvalue weighted by Gasteiger charge is 2.48. The van der Waals surface area contributed by atoms with E-state index in [4.69, 9.17) is 0 Å². The lowest BCUT2D eigenvalue weighted by Gasteiger charge is -2.33. The Morgan fingerprint density at radius 1 is 1.25 bits per heavy atom. The van der Waals surface area contributed by atoms with E-state index >= 15 is 0 Å². The molecule has 0 bridgehead atoms. The first-order chi connectivity index (χ1) is 13.6. The lowest BCUT2D eigenvalue weighted by Crippen LogP contribution is -2.47. The summed E-state index contributed by atoms with van der Waals surface area (Å²) in [5.41, 5.74) is 3.57. The molecule has 1 amide bonds. The third-order valence-electron chi connectivity index (χ3n) is 5.85. The van der Waals surface area contributed by atoms with Crippen molar-refractivity contribution >= 4 is 17.9 Å². The molecule has 3 unspecified atom stereocenters. The van der Waals surface area contributed by atoms with Gasteiger partial charge in [-0.05, 0) is 66.7 Å². The highest BCUT2D eigenvalue weighted by atomic mass is 32.2. The fraction of sp³-hybridized carbons (Fsp3) is 0.435. The van der Waals surface area contributed by atoms with E-state index in [0.717, 1.165) is 49.0 Å². The second-order valence-corrected chi connectivity index (χ2v) is 8.61. The number of amides is 1. The van der Waals surface area contributed by atoms with Crippen LogP contribution in [0.1, 0.15) is 36.3 Å². The van der Waals surface area contributed by atoms with Gasteiger partial charge in [-0.2, -0.15) is 0 Å². The third-order valence-corrected chi connectivity index (χ3v) is 6.42. The van der Waals surface area contributed by atoms with Crippen molar-refractivity contribution in [2.45, 2.75) is 38.1 Å².